The van der Waals surface area contributed by atoms with Crippen molar-refractivity contribution in [3.8, 4) is 5.75 Å². The summed E-state index contributed by atoms with van der Waals surface area (Å²) in [4.78, 5) is 20.9. The lowest BCUT2D eigenvalue weighted by molar-refractivity contribution is -0.136. The quantitative estimate of drug-likeness (QED) is 0.707. The molecule has 4 nitrogen and oxygen atoms in total. The van der Waals surface area contributed by atoms with E-state index >= 15 is 0 Å². The van der Waals surface area contributed by atoms with E-state index in [9.17, 15) is 14.7 Å². The van der Waals surface area contributed by atoms with Crippen molar-refractivity contribution < 1.29 is 19.8 Å². The first kappa shape index (κ1) is 10.2. The van der Waals surface area contributed by atoms with Gasteiger partial charge in [0.1, 0.15) is 5.75 Å². The number of phenols is 1. The maximum Gasteiger partial charge on any atom is 0.307 e. The summed E-state index contributed by atoms with van der Waals surface area (Å²) in [7, 11) is 0. The number of aldehydes is 1. The van der Waals surface area contributed by atoms with Crippen molar-refractivity contribution in [3.63, 3.8) is 0 Å². The number of carboxylic acids is 1. The standard InChI is InChI=1S/C10H10O4/c1-6-7(4-9(12)13)2-3-8(5-11)10(6)14/h2-3,5,14H,4H2,1H3,(H,12,13). The molecule has 4 heteroatoms. The normalized spacial score (nSPS) is 9.79. The van der Waals surface area contributed by atoms with Crippen LogP contribution in [0.5, 0.6) is 5.75 Å². The summed E-state index contributed by atoms with van der Waals surface area (Å²) in [5.74, 6) is -1.11. The molecule has 0 aliphatic rings. The Hall–Kier alpha value is -1.84. The smallest absolute Gasteiger partial charge is 0.307 e. The highest BCUT2D eigenvalue weighted by Crippen LogP contribution is 2.24. The van der Waals surface area contributed by atoms with E-state index < -0.39 is 5.97 Å². The van der Waals surface area contributed by atoms with Crippen molar-refractivity contribution in [3.05, 3.63) is 28.8 Å². The summed E-state index contributed by atoms with van der Waals surface area (Å²) in [6.07, 6.45) is 0.380. The Balaban J connectivity index is 3.16. The van der Waals surface area contributed by atoms with Gasteiger partial charge in [0.2, 0.25) is 0 Å². The van der Waals surface area contributed by atoms with Gasteiger partial charge in [0.05, 0.1) is 12.0 Å². The highest BCUT2D eigenvalue weighted by molar-refractivity contribution is 5.81. The number of benzene rings is 1. The molecule has 0 spiro atoms. The topological polar surface area (TPSA) is 74.6 Å². The highest BCUT2D eigenvalue weighted by Gasteiger charge is 2.10. The zero-order valence-corrected chi connectivity index (χ0v) is 7.65. The van der Waals surface area contributed by atoms with Gasteiger partial charge in [-0.25, -0.2) is 0 Å². The van der Waals surface area contributed by atoms with Crippen LogP contribution in [0.1, 0.15) is 21.5 Å². The van der Waals surface area contributed by atoms with Crippen LogP contribution < -0.4 is 0 Å². The first-order valence-electron chi connectivity index (χ1n) is 4.04. The average Bonchev–Trinajstić information content (AvgIpc) is 2.13. The zero-order chi connectivity index (χ0) is 10.7. The molecular weight excluding hydrogens is 184 g/mol. The summed E-state index contributed by atoms with van der Waals surface area (Å²) in [6.45, 7) is 1.58. The van der Waals surface area contributed by atoms with Crippen molar-refractivity contribution in [1.29, 1.82) is 0 Å². The first-order chi connectivity index (χ1) is 6.56. The predicted molar refractivity (Wildman–Crippen MR) is 49.6 cm³/mol. The second-order valence-electron chi connectivity index (χ2n) is 2.98. The van der Waals surface area contributed by atoms with Gasteiger partial charge in [-0.3, -0.25) is 9.59 Å². The fraction of sp³-hybridized carbons (Fsp3) is 0.200. The van der Waals surface area contributed by atoms with Crippen LogP contribution in [0.25, 0.3) is 0 Å². The molecule has 0 bridgehead atoms. The molecule has 0 unspecified atom stereocenters. The maximum atomic E-state index is 10.4. The summed E-state index contributed by atoms with van der Waals surface area (Å²) < 4.78 is 0. The van der Waals surface area contributed by atoms with E-state index in [4.69, 9.17) is 5.11 Å². The number of aromatic hydroxyl groups is 1. The monoisotopic (exact) mass is 194 g/mol. The SMILES string of the molecule is Cc1c(CC(=O)O)ccc(C=O)c1O. The van der Waals surface area contributed by atoms with Gasteiger partial charge in [-0.15, -0.1) is 0 Å². The molecule has 0 atom stereocenters. The molecule has 0 saturated heterocycles. The van der Waals surface area contributed by atoms with E-state index in [1.807, 2.05) is 0 Å². The van der Waals surface area contributed by atoms with Gasteiger partial charge in [0.15, 0.2) is 6.29 Å². The molecule has 0 aliphatic heterocycles. The minimum atomic E-state index is -0.966. The fourth-order valence-corrected chi connectivity index (χ4v) is 1.21. The van der Waals surface area contributed by atoms with Crippen LogP contribution in [0, 0.1) is 6.92 Å². The van der Waals surface area contributed by atoms with Crippen molar-refractivity contribution in [2.45, 2.75) is 13.3 Å². The summed E-state index contributed by atoms with van der Waals surface area (Å²) in [5, 5.41) is 18.0. The van der Waals surface area contributed by atoms with Gasteiger partial charge >= 0.3 is 5.97 Å². The van der Waals surface area contributed by atoms with Crippen LogP contribution >= 0.6 is 0 Å². The molecule has 0 radical (unpaired) electrons. The van der Waals surface area contributed by atoms with Crippen LogP contribution in [0.4, 0.5) is 0 Å². The minimum absolute atomic E-state index is 0.140. The molecule has 0 amide bonds. The summed E-state index contributed by atoms with van der Waals surface area (Å²) in [6, 6.07) is 2.94. The fourth-order valence-electron chi connectivity index (χ4n) is 1.21. The highest BCUT2D eigenvalue weighted by atomic mass is 16.4. The molecule has 14 heavy (non-hydrogen) atoms. The largest absolute Gasteiger partial charge is 0.507 e. The Morgan fingerprint density at radius 2 is 2.14 bits per heavy atom. The van der Waals surface area contributed by atoms with E-state index in [0.29, 0.717) is 17.4 Å². The van der Waals surface area contributed by atoms with Crippen molar-refractivity contribution in [2.75, 3.05) is 0 Å². The Kier molecular flexibility index (Phi) is 2.86. The van der Waals surface area contributed by atoms with E-state index in [1.54, 1.807) is 6.92 Å². The lowest BCUT2D eigenvalue weighted by Gasteiger charge is -2.06. The van der Waals surface area contributed by atoms with Crippen LogP contribution in [0.2, 0.25) is 0 Å². The minimum Gasteiger partial charge on any atom is -0.507 e. The van der Waals surface area contributed by atoms with E-state index in [0.717, 1.165) is 0 Å². The zero-order valence-electron chi connectivity index (χ0n) is 7.65. The van der Waals surface area contributed by atoms with E-state index in [-0.39, 0.29) is 17.7 Å². The van der Waals surface area contributed by atoms with Gasteiger partial charge in [-0.1, -0.05) is 6.07 Å². The second kappa shape index (κ2) is 3.91. The molecular formula is C10H10O4. The number of carbonyl (C=O) groups excluding carboxylic acids is 1. The van der Waals surface area contributed by atoms with Gasteiger partial charge in [-0.2, -0.15) is 0 Å². The molecule has 0 fully saturated rings. The third kappa shape index (κ3) is 1.90. The number of aliphatic carboxylic acids is 1. The van der Waals surface area contributed by atoms with Gasteiger partial charge in [0, 0.05) is 0 Å². The van der Waals surface area contributed by atoms with Gasteiger partial charge in [0.25, 0.3) is 0 Å². The first-order valence-corrected chi connectivity index (χ1v) is 4.04. The Bertz CT molecular complexity index is 382. The van der Waals surface area contributed by atoms with Crippen LogP contribution in [-0.4, -0.2) is 22.5 Å². The van der Waals surface area contributed by atoms with Crippen molar-refractivity contribution >= 4 is 12.3 Å². The Morgan fingerprint density at radius 1 is 1.50 bits per heavy atom. The van der Waals surface area contributed by atoms with E-state index in [2.05, 4.69) is 0 Å². The molecule has 2 N–H and O–H groups in total. The number of carboxylic acid groups (broad SMARTS) is 1. The van der Waals surface area contributed by atoms with E-state index in [1.165, 1.54) is 12.1 Å². The average molecular weight is 194 g/mol. The number of rotatable bonds is 3. The third-order valence-electron chi connectivity index (χ3n) is 2.04. The Morgan fingerprint density at radius 3 is 2.64 bits per heavy atom. The maximum absolute atomic E-state index is 10.4. The summed E-state index contributed by atoms with van der Waals surface area (Å²) in [5.41, 5.74) is 1.13. The molecule has 1 aromatic carbocycles. The second-order valence-corrected chi connectivity index (χ2v) is 2.98. The molecule has 1 aromatic rings. The van der Waals surface area contributed by atoms with Crippen LogP contribution in [-0.2, 0) is 11.2 Å². The molecule has 0 heterocycles. The third-order valence-corrected chi connectivity index (χ3v) is 2.04. The molecule has 0 aromatic heterocycles. The van der Waals surface area contributed by atoms with Gasteiger partial charge < -0.3 is 10.2 Å². The number of hydrogen-bond donors (Lipinski definition) is 2. The number of hydrogen-bond acceptors (Lipinski definition) is 3. The molecule has 74 valence electrons. The number of phenolic OH excluding ortho intramolecular Hbond substituents is 1. The lowest BCUT2D eigenvalue weighted by atomic mass is 10.0. The lowest BCUT2D eigenvalue weighted by Crippen LogP contribution is -2.02. The van der Waals surface area contributed by atoms with Gasteiger partial charge in [-0.05, 0) is 24.1 Å². The number of carbonyl (C=O) groups is 2. The molecule has 0 aliphatic carbocycles. The molecule has 0 saturated carbocycles. The van der Waals surface area contributed by atoms with Crippen molar-refractivity contribution in [1.82, 2.24) is 0 Å². The molecule has 1 rings (SSSR count). The Labute approximate surface area is 80.8 Å². The van der Waals surface area contributed by atoms with Crippen LogP contribution in [0.15, 0.2) is 12.1 Å². The summed E-state index contributed by atoms with van der Waals surface area (Å²) >= 11 is 0. The van der Waals surface area contributed by atoms with Crippen LogP contribution in [0.3, 0.4) is 0 Å². The predicted octanol–water partition coefficient (Wildman–Crippen LogP) is 1.14. The van der Waals surface area contributed by atoms with Crippen molar-refractivity contribution in [2.24, 2.45) is 0 Å².